The van der Waals surface area contributed by atoms with Gasteiger partial charge in [0.05, 0.1) is 6.61 Å². The van der Waals surface area contributed by atoms with Gasteiger partial charge in [0.1, 0.15) is 0 Å². The lowest BCUT2D eigenvalue weighted by Gasteiger charge is -2.08. The van der Waals surface area contributed by atoms with Crippen molar-refractivity contribution in [2.75, 3.05) is 39.5 Å². The molecule has 1 aliphatic carbocycles. The third-order valence-corrected chi connectivity index (χ3v) is 2.57. The van der Waals surface area contributed by atoms with Gasteiger partial charge >= 0.3 is 0 Å². The predicted molar refractivity (Wildman–Crippen MR) is 66.7 cm³/mol. The molecular formula is C13H27NO2. The predicted octanol–water partition coefficient (Wildman–Crippen LogP) is 2.07. The molecule has 0 radical (unpaired) electrons. The van der Waals surface area contributed by atoms with Gasteiger partial charge in [-0.2, -0.15) is 0 Å². The molecule has 96 valence electrons. The van der Waals surface area contributed by atoms with E-state index in [-0.39, 0.29) is 0 Å². The van der Waals surface area contributed by atoms with E-state index in [2.05, 4.69) is 19.2 Å². The fraction of sp³-hybridized carbons (Fsp3) is 1.00. The van der Waals surface area contributed by atoms with Crippen molar-refractivity contribution in [3.05, 3.63) is 0 Å². The minimum Gasteiger partial charge on any atom is -0.381 e. The largest absolute Gasteiger partial charge is 0.381 e. The Morgan fingerprint density at radius 3 is 2.62 bits per heavy atom. The number of nitrogens with one attached hydrogen (secondary N) is 1. The first-order chi connectivity index (χ1) is 7.79. The lowest BCUT2D eigenvalue weighted by atomic mass is 10.2. The van der Waals surface area contributed by atoms with Gasteiger partial charge in [0.15, 0.2) is 0 Å². The van der Waals surface area contributed by atoms with Crippen LogP contribution in [0.5, 0.6) is 0 Å². The third-order valence-electron chi connectivity index (χ3n) is 2.57. The fourth-order valence-electron chi connectivity index (χ4n) is 1.42. The summed E-state index contributed by atoms with van der Waals surface area (Å²) in [4.78, 5) is 0. The van der Waals surface area contributed by atoms with Crippen LogP contribution in [0.4, 0.5) is 0 Å². The summed E-state index contributed by atoms with van der Waals surface area (Å²) in [7, 11) is 0. The zero-order valence-electron chi connectivity index (χ0n) is 10.8. The zero-order chi connectivity index (χ0) is 11.6. The summed E-state index contributed by atoms with van der Waals surface area (Å²) in [5.41, 5.74) is 0. The van der Waals surface area contributed by atoms with Crippen LogP contribution in [0.1, 0.15) is 33.1 Å². The van der Waals surface area contributed by atoms with Gasteiger partial charge in [-0.15, -0.1) is 0 Å². The molecule has 0 aromatic carbocycles. The molecule has 1 N–H and O–H groups in total. The van der Waals surface area contributed by atoms with E-state index in [9.17, 15) is 0 Å². The maximum Gasteiger partial charge on any atom is 0.0591 e. The smallest absolute Gasteiger partial charge is 0.0591 e. The van der Waals surface area contributed by atoms with Gasteiger partial charge in [-0.3, -0.25) is 0 Å². The lowest BCUT2D eigenvalue weighted by Crippen LogP contribution is -2.22. The van der Waals surface area contributed by atoms with Crippen molar-refractivity contribution in [1.82, 2.24) is 5.32 Å². The average Bonchev–Trinajstić information content (AvgIpc) is 3.04. The van der Waals surface area contributed by atoms with Crippen LogP contribution in [0.2, 0.25) is 0 Å². The van der Waals surface area contributed by atoms with Gasteiger partial charge in [0, 0.05) is 26.4 Å². The van der Waals surface area contributed by atoms with Crippen LogP contribution in [0.15, 0.2) is 0 Å². The normalized spacial score (nSPS) is 15.9. The maximum atomic E-state index is 5.55. The van der Waals surface area contributed by atoms with Gasteiger partial charge in [0.2, 0.25) is 0 Å². The molecule has 3 nitrogen and oxygen atoms in total. The molecule has 0 amide bonds. The second-order valence-electron chi connectivity index (χ2n) is 5.09. The fourth-order valence-corrected chi connectivity index (χ4v) is 1.42. The standard InChI is InChI=1S/C13H27NO2/c1-12(2)10-16-9-7-14-6-3-8-15-11-13-4-5-13/h12-14H,3-11H2,1-2H3. The first-order valence-electron chi connectivity index (χ1n) is 6.65. The molecule has 1 saturated carbocycles. The quantitative estimate of drug-likeness (QED) is 0.550. The van der Waals surface area contributed by atoms with E-state index in [1.165, 1.54) is 12.8 Å². The van der Waals surface area contributed by atoms with Crippen molar-refractivity contribution in [2.45, 2.75) is 33.1 Å². The second-order valence-corrected chi connectivity index (χ2v) is 5.09. The Morgan fingerprint density at radius 2 is 1.94 bits per heavy atom. The highest BCUT2D eigenvalue weighted by Gasteiger charge is 2.20. The van der Waals surface area contributed by atoms with Crippen molar-refractivity contribution in [1.29, 1.82) is 0 Å². The van der Waals surface area contributed by atoms with Gasteiger partial charge in [-0.1, -0.05) is 13.8 Å². The summed E-state index contributed by atoms with van der Waals surface area (Å²) in [5, 5.41) is 3.36. The van der Waals surface area contributed by atoms with Crippen LogP contribution in [0.3, 0.4) is 0 Å². The van der Waals surface area contributed by atoms with Crippen molar-refractivity contribution in [3.8, 4) is 0 Å². The van der Waals surface area contributed by atoms with Gasteiger partial charge in [-0.05, 0) is 37.6 Å². The molecule has 0 aromatic rings. The number of ether oxygens (including phenoxy) is 2. The molecule has 0 bridgehead atoms. The van der Waals surface area contributed by atoms with E-state index in [1.807, 2.05) is 0 Å². The zero-order valence-corrected chi connectivity index (χ0v) is 10.8. The van der Waals surface area contributed by atoms with Crippen molar-refractivity contribution >= 4 is 0 Å². The Hall–Kier alpha value is -0.120. The highest BCUT2D eigenvalue weighted by Crippen LogP contribution is 2.28. The van der Waals surface area contributed by atoms with E-state index in [4.69, 9.17) is 9.47 Å². The Labute approximate surface area is 99.9 Å². The van der Waals surface area contributed by atoms with Gasteiger partial charge in [-0.25, -0.2) is 0 Å². The molecular weight excluding hydrogens is 202 g/mol. The summed E-state index contributed by atoms with van der Waals surface area (Å²) in [5.74, 6) is 1.52. The summed E-state index contributed by atoms with van der Waals surface area (Å²) in [6, 6.07) is 0. The first-order valence-corrected chi connectivity index (χ1v) is 6.65. The number of hydrogen-bond acceptors (Lipinski definition) is 3. The van der Waals surface area contributed by atoms with Crippen molar-refractivity contribution in [3.63, 3.8) is 0 Å². The molecule has 0 unspecified atom stereocenters. The van der Waals surface area contributed by atoms with Crippen molar-refractivity contribution < 1.29 is 9.47 Å². The molecule has 1 rings (SSSR count). The van der Waals surface area contributed by atoms with Crippen LogP contribution in [0, 0.1) is 11.8 Å². The minimum absolute atomic E-state index is 0.635. The molecule has 0 heterocycles. The van der Waals surface area contributed by atoms with E-state index >= 15 is 0 Å². The summed E-state index contributed by atoms with van der Waals surface area (Å²) < 4.78 is 11.0. The van der Waals surface area contributed by atoms with Crippen LogP contribution >= 0.6 is 0 Å². The molecule has 0 spiro atoms. The highest BCUT2D eigenvalue weighted by molar-refractivity contribution is 4.71. The second kappa shape index (κ2) is 8.97. The van der Waals surface area contributed by atoms with Crippen LogP contribution in [-0.4, -0.2) is 39.5 Å². The van der Waals surface area contributed by atoms with Gasteiger partial charge in [0.25, 0.3) is 0 Å². The third kappa shape index (κ3) is 9.13. The molecule has 0 aromatic heterocycles. The average molecular weight is 229 g/mol. The van der Waals surface area contributed by atoms with Crippen LogP contribution in [0.25, 0.3) is 0 Å². The molecule has 0 saturated heterocycles. The van der Waals surface area contributed by atoms with Crippen molar-refractivity contribution in [2.24, 2.45) is 11.8 Å². The Morgan fingerprint density at radius 1 is 1.12 bits per heavy atom. The lowest BCUT2D eigenvalue weighted by molar-refractivity contribution is 0.108. The molecule has 3 heteroatoms. The Balaban J connectivity index is 1.64. The summed E-state index contributed by atoms with van der Waals surface area (Å²) in [6.45, 7) is 9.90. The monoisotopic (exact) mass is 229 g/mol. The van der Waals surface area contributed by atoms with E-state index < -0.39 is 0 Å². The number of hydrogen-bond donors (Lipinski definition) is 1. The van der Waals surface area contributed by atoms with E-state index in [1.54, 1.807) is 0 Å². The van der Waals surface area contributed by atoms with E-state index in [0.717, 1.165) is 51.9 Å². The number of rotatable bonds is 11. The Bertz CT molecular complexity index is 148. The summed E-state index contributed by atoms with van der Waals surface area (Å²) >= 11 is 0. The first kappa shape index (κ1) is 13.9. The van der Waals surface area contributed by atoms with Crippen LogP contribution < -0.4 is 5.32 Å². The Kier molecular flexibility index (Phi) is 7.81. The van der Waals surface area contributed by atoms with Gasteiger partial charge < -0.3 is 14.8 Å². The van der Waals surface area contributed by atoms with E-state index in [0.29, 0.717) is 5.92 Å². The topological polar surface area (TPSA) is 30.5 Å². The summed E-state index contributed by atoms with van der Waals surface area (Å²) in [6.07, 6.45) is 3.87. The maximum absolute atomic E-state index is 5.55. The molecule has 16 heavy (non-hydrogen) atoms. The molecule has 0 aliphatic heterocycles. The molecule has 1 fully saturated rings. The molecule has 0 atom stereocenters. The SMILES string of the molecule is CC(C)COCCNCCCOCC1CC1. The molecule has 1 aliphatic rings. The minimum atomic E-state index is 0.635. The van der Waals surface area contributed by atoms with Crippen LogP contribution in [-0.2, 0) is 9.47 Å². The highest BCUT2D eigenvalue weighted by atomic mass is 16.5.